The van der Waals surface area contributed by atoms with Crippen LogP contribution < -0.4 is 10.6 Å². The number of urea groups is 1. The number of benzene rings is 2. The SMILES string of the molecule is CC(C)c1ccc([C@@H]2NC(=O)N[C@@](O)(C(F)(F)F)[C@@H]2C(=O)c2ccc(Cl)cc2)cc1. The third-order valence-corrected chi connectivity index (χ3v) is 5.43. The molecule has 160 valence electrons. The van der Waals surface area contributed by atoms with E-state index in [-0.39, 0.29) is 17.0 Å². The van der Waals surface area contributed by atoms with Crippen molar-refractivity contribution in [1.82, 2.24) is 10.6 Å². The van der Waals surface area contributed by atoms with Gasteiger partial charge in [0, 0.05) is 10.6 Å². The standard InChI is InChI=1S/C21H20ClF3N2O3/c1-11(2)12-3-5-13(6-4-12)17-16(18(28)14-7-9-15(22)10-8-14)20(30,21(23,24)25)27-19(29)26-17/h3-11,16-17,30H,1-2H3,(H2,26,27,29)/t16-,17-,20-/m0/s1. The number of amides is 2. The molecule has 3 atom stereocenters. The van der Waals surface area contributed by atoms with E-state index >= 15 is 0 Å². The first kappa shape index (κ1) is 22.1. The normalized spacial score (nSPS) is 24.3. The lowest BCUT2D eigenvalue weighted by Gasteiger charge is -2.45. The number of carbonyl (C=O) groups excluding carboxylic acids is 2. The van der Waals surface area contributed by atoms with Crippen molar-refractivity contribution in [3.05, 3.63) is 70.2 Å². The second kappa shape index (κ2) is 7.92. The molecule has 1 aliphatic rings. The molecule has 0 aromatic heterocycles. The molecule has 2 aromatic rings. The fraction of sp³-hybridized carbons (Fsp3) is 0.333. The molecule has 0 unspecified atom stereocenters. The third-order valence-electron chi connectivity index (χ3n) is 5.18. The highest BCUT2D eigenvalue weighted by atomic mass is 35.5. The molecular weight excluding hydrogens is 421 g/mol. The van der Waals surface area contributed by atoms with Crippen molar-refractivity contribution in [3.63, 3.8) is 0 Å². The van der Waals surface area contributed by atoms with E-state index in [1.165, 1.54) is 29.6 Å². The highest BCUT2D eigenvalue weighted by molar-refractivity contribution is 6.30. The van der Waals surface area contributed by atoms with Crippen molar-refractivity contribution in [1.29, 1.82) is 0 Å². The van der Waals surface area contributed by atoms with E-state index in [4.69, 9.17) is 11.6 Å². The molecule has 1 aliphatic heterocycles. The van der Waals surface area contributed by atoms with E-state index in [9.17, 15) is 27.9 Å². The van der Waals surface area contributed by atoms with Gasteiger partial charge in [0.1, 0.15) is 5.92 Å². The quantitative estimate of drug-likeness (QED) is 0.609. The Morgan fingerprint density at radius 1 is 1.10 bits per heavy atom. The zero-order chi connectivity index (χ0) is 22.3. The topological polar surface area (TPSA) is 78.4 Å². The summed E-state index contributed by atoms with van der Waals surface area (Å²) in [4.78, 5) is 25.2. The first-order chi connectivity index (χ1) is 13.9. The lowest BCUT2D eigenvalue weighted by Crippen LogP contribution is -2.72. The number of hydrogen-bond acceptors (Lipinski definition) is 3. The first-order valence-corrected chi connectivity index (χ1v) is 9.59. The molecule has 30 heavy (non-hydrogen) atoms. The Bertz CT molecular complexity index is 945. The fourth-order valence-electron chi connectivity index (χ4n) is 3.50. The minimum absolute atomic E-state index is 0.0752. The smallest absolute Gasteiger partial charge is 0.363 e. The zero-order valence-corrected chi connectivity index (χ0v) is 16.9. The Kier molecular flexibility index (Phi) is 5.84. The van der Waals surface area contributed by atoms with Gasteiger partial charge in [-0.1, -0.05) is 49.7 Å². The number of carbonyl (C=O) groups is 2. The number of rotatable bonds is 4. The minimum Gasteiger partial charge on any atom is -0.363 e. The third kappa shape index (κ3) is 4.02. The molecule has 1 fully saturated rings. The molecule has 0 aliphatic carbocycles. The molecule has 2 aromatic carbocycles. The number of Topliss-reactive ketones (excluding diaryl/α,β-unsaturated/α-hetero) is 1. The lowest BCUT2D eigenvalue weighted by atomic mass is 9.77. The van der Waals surface area contributed by atoms with E-state index in [0.29, 0.717) is 5.02 Å². The van der Waals surface area contributed by atoms with Gasteiger partial charge in [-0.05, 0) is 41.3 Å². The summed E-state index contributed by atoms with van der Waals surface area (Å²) in [5, 5.41) is 14.7. The Hall–Kier alpha value is -2.58. The maximum absolute atomic E-state index is 13.9. The number of halogens is 4. The van der Waals surface area contributed by atoms with Gasteiger partial charge in [0.2, 0.25) is 5.72 Å². The highest BCUT2D eigenvalue weighted by Crippen LogP contribution is 2.44. The van der Waals surface area contributed by atoms with E-state index < -0.39 is 35.7 Å². The summed E-state index contributed by atoms with van der Waals surface area (Å²) >= 11 is 5.80. The van der Waals surface area contributed by atoms with Crippen LogP contribution in [0.15, 0.2) is 48.5 Å². The summed E-state index contributed by atoms with van der Waals surface area (Å²) in [6, 6.07) is 9.16. The molecule has 3 N–H and O–H groups in total. The van der Waals surface area contributed by atoms with Crippen molar-refractivity contribution < 1.29 is 27.9 Å². The summed E-state index contributed by atoms with van der Waals surface area (Å²) in [5.41, 5.74) is -2.63. The molecule has 1 saturated heterocycles. The van der Waals surface area contributed by atoms with Crippen molar-refractivity contribution in [3.8, 4) is 0 Å². The fourth-order valence-corrected chi connectivity index (χ4v) is 3.62. The molecule has 0 spiro atoms. The van der Waals surface area contributed by atoms with Crippen LogP contribution in [-0.4, -0.2) is 28.8 Å². The van der Waals surface area contributed by atoms with Gasteiger partial charge in [-0.2, -0.15) is 13.2 Å². The van der Waals surface area contributed by atoms with Crippen LogP contribution in [0, 0.1) is 5.92 Å². The van der Waals surface area contributed by atoms with Crippen LogP contribution in [0.3, 0.4) is 0 Å². The second-order valence-corrected chi connectivity index (χ2v) is 7.95. The molecule has 0 saturated carbocycles. The maximum Gasteiger partial charge on any atom is 0.437 e. The minimum atomic E-state index is -5.30. The Labute approximate surface area is 176 Å². The summed E-state index contributed by atoms with van der Waals surface area (Å²) < 4.78 is 41.6. The molecule has 0 radical (unpaired) electrons. The van der Waals surface area contributed by atoms with Gasteiger partial charge >= 0.3 is 12.2 Å². The molecule has 1 heterocycles. The Morgan fingerprint density at radius 2 is 1.67 bits per heavy atom. The summed E-state index contributed by atoms with van der Waals surface area (Å²) in [7, 11) is 0. The largest absolute Gasteiger partial charge is 0.437 e. The molecular formula is C21H20ClF3N2O3. The zero-order valence-electron chi connectivity index (χ0n) is 16.1. The van der Waals surface area contributed by atoms with E-state index in [1.807, 2.05) is 13.8 Å². The number of aliphatic hydroxyl groups is 1. The summed E-state index contributed by atoms with van der Waals surface area (Å²) in [6.07, 6.45) is -5.30. The molecule has 3 rings (SSSR count). The predicted octanol–water partition coefficient (Wildman–Crippen LogP) is 4.57. The van der Waals surface area contributed by atoms with Gasteiger partial charge in [0.25, 0.3) is 0 Å². The lowest BCUT2D eigenvalue weighted by molar-refractivity contribution is -0.287. The predicted molar refractivity (Wildman–Crippen MR) is 105 cm³/mol. The van der Waals surface area contributed by atoms with Crippen LogP contribution in [0.2, 0.25) is 5.02 Å². The van der Waals surface area contributed by atoms with Crippen LogP contribution in [0.4, 0.5) is 18.0 Å². The van der Waals surface area contributed by atoms with Gasteiger partial charge in [0.15, 0.2) is 5.78 Å². The first-order valence-electron chi connectivity index (χ1n) is 9.21. The summed E-state index contributed by atoms with van der Waals surface area (Å²) in [5.74, 6) is -2.88. The second-order valence-electron chi connectivity index (χ2n) is 7.51. The van der Waals surface area contributed by atoms with Gasteiger partial charge in [-0.3, -0.25) is 4.79 Å². The highest BCUT2D eigenvalue weighted by Gasteiger charge is 2.66. The van der Waals surface area contributed by atoms with Crippen molar-refractivity contribution >= 4 is 23.4 Å². The van der Waals surface area contributed by atoms with Gasteiger partial charge in [0.05, 0.1) is 6.04 Å². The average Bonchev–Trinajstić information content (AvgIpc) is 2.66. The van der Waals surface area contributed by atoms with Gasteiger partial charge < -0.3 is 15.7 Å². The monoisotopic (exact) mass is 440 g/mol. The van der Waals surface area contributed by atoms with E-state index in [0.717, 1.165) is 5.56 Å². The van der Waals surface area contributed by atoms with E-state index in [2.05, 4.69) is 5.32 Å². The van der Waals surface area contributed by atoms with Crippen molar-refractivity contribution in [2.45, 2.75) is 37.7 Å². The van der Waals surface area contributed by atoms with Crippen LogP contribution in [0.1, 0.15) is 47.3 Å². The van der Waals surface area contributed by atoms with Crippen LogP contribution >= 0.6 is 11.6 Å². The molecule has 0 bridgehead atoms. The Balaban J connectivity index is 2.13. The molecule has 2 amide bonds. The van der Waals surface area contributed by atoms with E-state index in [1.54, 1.807) is 24.3 Å². The number of hydrogen-bond donors (Lipinski definition) is 3. The molecule has 5 nitrogen and oxygen atoms in total. The molecule has 9 heteroatoms. The average molecular weight is 441 g/mol. The van der Waals surface area contributed by atoms with Crippen LogP contribution in [-0.2, 0) is 0 Å². The number of ketones is 1. The van der Waals surface area contributed by atoms with Crippen LogP contribution in [0.5, 0.6) is 0 Å². The van der Waals surface area contributed by atoms with Gasteiger partial charge in [-0.25, -0.2) is 4.79 Å². The number of alkyl halides is 3. The van der Waals surface area contributed by atoms with Crippen molar-refractivity contribution in [2.75, 3.05) is 0 Å². The number of nitrogens with one attached hydrogen (secondary N) is 2. The van der Waals surface area contributed by atoms with Crippen molar-refractivity contribution in [2.24, 2.45) is 5.92 Å². The van der Waals surface area contributed by atoms with Gasteiger partial charge in [-0.15, -0.1) is 0 Å². The van der Waals surface area contributed by atoms with Crippen LogP contribution in [0.25, 0.3) is 0 Å². The Morgan fingerprint density at radius 3 is 2.17 bits per heavy atom. The maximum atomic E-state index is 13.9. The summed E-state index contributed by atoms with van der Waals surface area (Å²) in [6.45, 7) is 3.91.